The highest BCUT2D eigenvalue weighted by Crippen LogP contribution is 2.43. The van der Waals surface area contributed by atoms with Crippen LogP contribution in [-0.4, -0.2) is 32.6 Å². The van der Waals surface area contributed by atoms with E-state index < -0.39 is 12.0 Å². The molecule has 2 aromatic carbocycles. The maximum atomic E-state index is 14.3. The summed E-state index contributed by atoms with van der Waals surface area (Å²) in [6, 6.07) is 8.68. The molecule has 0 saturated carbocycles. The van der Waals surface area contributed by atoms with Gasteiger partial charge in [-0.1, -0.05) is 18.2 Å². The summed E-state index contributed by atoms with van der Waals surface area (Å²) in [6.45, 7) is 4.06. The number of carbonyl (C=O) groups is 1. The summed E-state index contributed by atoms with van der Waals surface area (Å²) in [6.07, 6.45) is 1.67. The molecule has 0 bridgehead atoms. The second-order valence-corrected chi connectivity index (χ2v) is 6.99. The molecule has 1 aliphatic heterocycles. The van der Waals surface area contributed by atoms with Crippen LogP contribution in [0.4, 0.5) is 20.2 Å². The number of benzene rings is 2. The van der Waals surface area contributed by atoms with Crippen LogP contribution in [0.1, 0.15) is 35.8 Å². The molecule has 0 aliphatic carbocycles. The van der Waals surface area contributed by atoms with Gasteiger partial charge >= 0.3 is 6.05 Å². The summed E-state index contributed by atoms with van der Waals surface area (Å²) in [4.78, 5) is 12.8. The molecular weight excluding hydrogens is 364 g/mol. The zero-order chi connectivity index (χ0) is 20.1. The van der Waals surface area contributed by atoms with Gasteiger partial charge in [0.1, 0.15) is 6.33 Å². The van der Waals surface area contributed by atoms with Crippen molar-refractivity contribution < 1.29 is 13.6 Å². The minimum absolute atomic E-state index is 0.00856. The first-order chi connectivity index (χ1) is 13.3. The number of nitrogens with zero attached hydrogens (tertiary/aromatic N) is 4. The van der Waals surface area contributed by atoms with Gasteiger partial charge in [0.25, 0.3) is 5.91 Å². The molecule has 6 nitrogen and oxygen atoms in total. The predicted octanol–water partition coefficient (Wildman–Crippen LogP) is 4.40. The monoisotopic (exact) mass is 383 g/mol. The van der Waals surface area contributed by atoms with Crippen LogP contribution in [-0.2, 0) is 6.05 Å². The van der Waals surface area contributed by atoms with E-state index in [-0.39, 0.29) is 17.2 Å². The molecule has 1 aromatic heterocycles. The van der Waals surface area contributed by atoms with Gasteiger partial charge in [-0.25, -0.2) is 0 Å². The molecule has 1 amide bonds. The van der Waals surface area contributed by atoms with E-state index >= 15 is 0 Å². The lowest BCUT2D eigenvalue weighted by molar-refractivity contribution is -0.110. The number of halogens is 2. The summed E-state index contributed by atoms with van der Waals surface area (Å²) in [5, 5.41) is 11.3. The molecule has 0 unspecified atom stereocenters. The Kier molecular flexibility index (Phi) is 4.14. The van der Waals surface area contributed by atoms with Crippen LogP contribution < -0.4 is 5.32 Å². The Morgan fingerprint density at radius 1 is 1.14 bits per heavy atom. The Morgan fingerprint density at radius 2 is 1.89 bits per heavy atom. The topological polar surface area (TPSA) is 63.1 Å². The van der Waals surface area contributed by atoms with E-state index in [2.05, 4.69) is 15.5 Å². The molecule has 3 aromatic rings. The molecular formula is C20H19F2N5O. The van der Waals surface area contributed by atoms with E-state index in [1.54, 1.807) is 18.5 Å². The van der Waals surface area contributed by atoms with Gasteiger partial charge in [0, 0.05) is 24.3 Å². The fourth-order valence-corrected chi connectivity index (χ4v) is 3.33. The van der Waals surface area contributed by atoms with E-state index in [9.17, 15) is 13.6 Å². The zero-order valence-electron chi connectivity index (χ0n) is 15.6. The third-order valence-electron chi connectivity index (χ3n) is 4.86. The summed E-state index contributed by atoms with van der Waals surface area (Å²) < 4.78 is 30.6. The number of alkyl halides is 2. The molecule has 4 rings (SSSR count). The van der Waals surface area contributed by atoms with E-state index in [4.69, 9.17) is 0 Å². The van der Waals surface area contributed by atoms with Crippen LogP contribution in [0.3, 0.4) is 0 Å². The smallest absolute Gasteiger partial charge is 0.355 e. The first kappa shape index (κ1) is 18.1. The Hall–Kier alpha value is -3.29. The van der Waals surface area contributed by atoms with Crippen LogP contribution >= 0.6 is 0 Å². The van der Waals surface area contributed by atoms with E-state index in [0.717, 1.165) is 12.6 Å². The van der Waals surface area contributed by atoms with Crippen LogP contribution in [0.25, 0.3) is 11.4 Å². The van der Waals surface area contributed by atoms with Crippen LogP contribution in [0, 0.1) is 0 Å². The average molecular weight is 383 g/mol. The number of aromatic nitrogens is 3. The number of anilines is 2. The van der Waals surface area contributed by atoms with Gasteiger partial charge in [-0.2, -0.15) is 8.78 Å². The largest absolute Gasteiger partial charge is 0.355 e. The SMILES string of the molecule is CC(C)n1cnnc1-c1cccc(Nc2cccc3c2C(=O)N(C)C3(F)F)c1. The van der Waals surface area contributed by atoms with Gasteiger partial charge in [0.05, 0.1) is 16.8 Å². The van der Waals surface area contributed by atoms with Crippen molar-refractivity contribution in [2.24, 2.45) is 0 Å². The Morgan fingerprint density at radius 3 is 2.64 bits per heavy atom. The number of amides is 1. The Balaban J connectivity index is 1.72. The van der Waals surface area contributed by atoms with Crippen molar-refractivity contribution in [3.05, 3.63) is 59.9 Å². The fourth-order valence-electron chi connectivity index (χ4n) is 3.33. The van der Waals surface area contributed by atoms with Crippen molar-refractivity contribution >= 4 is 17.3 Å². The summed E-state index contributed by atoms with van der Waals surface area (Å²) in [7, 11) is 1.10. The van der Waals surface area contributed by atoms with Gasteiger partial charge in [-0.05, 0) is 38.1 Å². The maximum Gasteiger partial charge on any atom is 0.355 e. The molecule has 1 aliphatic rings. The normalized spacial score (nSPS) is 15.2. The molecule has 8 heteroatoms. The van der Waals surface area contributed by atoms with Crippen LogP contribution in [0.15, 0.2) is 48.8 Å². The fraction of sp³-hybridized carbons (Fsp3) is 0.250. The first-order valence-corrected chi connectivity index (χ1v) is 8.87. The molecule has 0 radical (unpaired) electrons. The van der Waals surface area contributed by atoms with Crippen molar-refractivity contribution in [3.63, 3.8) is 0 Å². The number of rotatable bonds is 4. The van der Waals surface area contributed by atoms with Gasteiger partial charge in [0.2, 0.25) is 0 Å². The number of carbonyl (C=O) groups excluding carboxylic acids is 1. The van der Waals surface area contributed by atoms with E-state index in [0.29, 0.717) is 22.1 Å². The quantitative estimate of drug-likeness (QED) is 0.678. The minimum atomic E-state index is -3.32. The lowest BCUT2D eigenvalue weighted by atomic mass is 10.1. The third kappa shape index (κ3) is 2.72. The van der Waals surface area contributed by atoms with E-state index in [1.165, 1.54) is 12.1 Å². The summed E-state index contributed by atoms with van der Waals surface area (Å²) in [5.41, 5.74) is 1.54. The summed E-state index contributed by atoms with van der Waals surface area (Å²) in [5.74, 6) is -0.00177. The van der Waals surface area contributed by atoms with Crippen LogP contribution in [0.2, 0.25) is 0 Å². The zero-order valence-corrected chi connectivity index (χ0v) is 15.6. The molecule has 0 saturated heterocycles. The van der Waals surface area contributed by atoms with Crippen molar-refractivity contribution in [2.45, 2.75) is 25.9 Å². The first-order valence-electron chi connectivity index (χ1n) is 8.87. The number of fused-ring (bicyclic) bond motifs is 1. The van der Waals surface area contributed by atoms with Gasteiger partial charge in [0.15, 0.2) is 5.82 Å². The number of nitrogens with one attached hydrogen (secondary N) is 1. The molecule has 0 spiro atoms. The predicted molar refractivity (Wildman–Crippen MR) is 102 cm³/mol. The van der Waals surface area contributed by atoms with E-state index in [1.807, 2.05) is 36.6 Å². The molecule has 144 valence electrons. The van der Waals surface area contributed by atoms with Gasteiger partial charge in [-0.3, -0.25) is 9.69 Å². The molecule has 1 N–H and O–H groups in total. The average Bonchev–Trinajstić information content (AvgIpc) is 3.22. The molecule has 0 fully saturated rings. The minimum Gasteiger partial charge on any atom is -0.355 e. The lowest BCUT2D eigenvalue weighted by Crippen LogP contribution is -2.32. The molecule has 28 heavy (non-hydrogen) atoms. The standard InChI is InChI=1S/C20H19F2N5O/c1-12(2)27-11-23-25-18(27)13-6-4-7-14(10-13)24-16-9-5-8-15-17(16)19(28)26(3)20(15,21)22/h4-12,24H,1-3H3. The van der Waals surface area contributed by atoms with Crippen molar-refractivity contribution in [1.29, 1.82) is 0 Å². The number of hydrogen-bond donors (Lipinski definition) is 1. The van der Waals surface area contributed by atoms with Crippen LogP contribution in [0.5, 0.6) is 0 Å². The van der Waals surface area contributed by atoms with Gasteiger partial charge in [-0.15, -0.1) is 10.2 Å². The highest BCUT2D eigenvalue weighted by atomic mass is 19.3. The maximum absolute atomic E-state index is 14.3. The highest BCUT2D eigenvalue weighted by molar-refractivity contribution is 6.04. The van der Waals surface area contributed by atoms with Crippen molar-refractivity contribution in [2.75, 3.05) is 12.4 Å². The molecule has 0 atom stereocenters. The highest BCUT2D eigenvalue weighted by Gasteiger charge is 2.50. The summed E-state index contributed by atoms with van der Waals surface area (Å²) >= 11 is 0. The third-order valence-corrected chi connectivity index (χ3v) is 4.86. The Labute approximate surface area is 160 Å². The Bertz CT molecular complexity index is 1060. The number of hydrogen-bond acceptors (Lipinski definition) is 4. The van der Waals surface area contributed by atoms with Gasteiger partial charge < -0.3 is 9.88 Å². The molecule has 2 heterocycles. The lowest BCUT2D eigenvalue weighted by Gasteiger charge is -2.18. The van der Waals surface area contributed by atoms with Crippen molar-refractivity contribution in [3.8, 4) is 11.4 Å². The second-order valence-electron chi connectivity index (χ2n) is 6.99. The van der Waals surface area contributed by atoms with Crippen molar-refractivity contribution in [1.82, 2.24) is 19.7 Å². The second kappa shape index (κ2) is 6.40.